The topological polar surface area (TPSA) is 48.3 Å². The number of nitrogens with one attached hydrogen (secondary N) is 1. The van der Waals surface area contributed by atoms with Crippen LogP contribution in [-0.2, 0) is 11.3 Å². The van der Waals surface area contributed by atoms with Gasteiger partial charge < -0.3 is 14.8 Å². The number of aromatic nitrogens is 2. The summed E-state index contributed by atoms with van der Waals surface area (Å²) < 4.78 is 13.4. The summed E-state index contributed by atoms with van der Waals surface area (Å²) in [6, 6.07) is 0.263. The lowest BCUT2D eigenvalue weighted by molar-refractivity contribution is 0.00849. The molecule has 0 spiro atoms. The van der Waals surface area contributed by atoms with Crippen LogP contribution in [0.3, 0.4) is 0 Å². The second-order valence-corrected chi connectivity index (χ2v) is 5.73. The minimum atomic E-state index is 0.263. The van der Waals surface area contributed by atoms with Crippen LogP contribution < -0.4 is 10.1 Å². The molecule has 0 aromatic carbocycles. The van der Waals surface area contributed by atoms with Gasteiger partial charge in [-0.1, -0.05) is 6.92 Å². The lowest BCUT2D eigenvalue weighted by Gasteiger charge is -2.25. The van der Waals surface area contributed by atoms with Crippen molar-refractivity contribution >= 4 is 0 Å². The summed E-state index contributed by atoms with van der Waals surface area (Å²) in [5, 5.41) is 7.88. The Morgan fingerprint density at radius 3 is 3.00 bits per heavy atom. The summed E-state index contributed by atoms with van der Waals surface area (Å²) in [5.74, 6) is 0.882. The third kappa shape index (κ3) is 4.20. The predicted octanol–water partition coefficient (Wildman–Crippen LogP) is 2.91. The maximum Gasteiger partial charge on any atom is 0.161 e. The molecule has 0 aliphatic carbocycles. The maximum absolute atomic E-state index is 5.84. The van der Waals surface area contributed by atoms with Crippen LogP contribution in [0, 0.1) is 0 Å². The van der Waals surface area contributed by atoms with E-state index in [1.165, 1.54) is 19.3 Å². The molecule has 2 heterocycles. The first-order chi connectivity index (χ1) is 10.3. The van der Waals surface area contributed by atoms with E-state index >= 15 is 0 Å². The molecule has 2 rings (SSSR count). The van der Waals surface area contributed by atoms with Crippen LogP contribution >= 0.6 is 0 Å². The third-order valence-electron chi connectivity index (χ3n) is 4.23. The number of methoxy groups -OCH3 is 1. The molecule has 2 atom stereocenters. The fourth-order valence-corrected chi connectivity index (χ4v) is 3.08. The van der Waals surface area contributed by atoms with Crippen molar-refractivity contribution in [3.63, 3.8) is 0 Å². The van der Waals surface area contributed by atoms with Gasteiger partial charge in [0, 0.05) is 13.2 Å². The molecule has 5 heteroatoms. The van der Waals surface area contributed by atoms with E-state index < -0.39 is 0 Å². The molecule has 0 bridgehead atoms. The second-order valence-electron chi connectivity index (χ2n) is 5.73. The van der Waals surface area contributed by atoms with E-state index in [2.05, 4.69) is 22.0 Å². The van der Waals surface area contributed by atoms with Crippen LogP contribution in [0.4, 0.5) is 0 Å². The predicted molar refractivity (Wildman–Crippen MR) is 83.7 cm³/mol. The zero-order valence-electron chi connectivity index (χ0n) is 13.6. The zero-order chi connectivity index (χ0) is 15.1. The third-order valence-corrected chi connectivity index (χ3v) is 4.23. The fourth-order valence-electron chi connectivity index (χ4n) is 3.08. The summed E-state index contributed by atoms with van der Waals surface area (Å²) in [6.45, 7) is 4.02. The van der Waals surface area contributed by atoms with Crippen molar-refractivity contribution in [3.05, 3.63) is 11.9 Å². The Morgan fingerprint density at radius 2 is 2.38 bits per heavy atom. The minimum Gasteiger partial charge on any atom is -0.493 e. The first kappa shape index (κ1) is 16.3. The Bertz CT molecular complexity index is 414. The number of nitrogens with zero attached hydrogens (tertiary/aromatic N) is 2. The molecule has 1 aliphatic rings. The molecule has 1 aromatic rings. The number of ether oxygens (including phenoxy) is 2. The van der Waals surface area contributed by atoms with Crippen molar-refractivity contribution in [2.24, 2.45) is 0 Å². The number of rotatable bonds is 8. The van der Waals surface area contributed by atoms with Gasteiger partial charge in [-0.3, -0.25) is 4.68 Å². The molecule has 1 N–H and O–H groups in total. The lowest BCUT2D eigenvalue weighted by Crippen LogP contribution is -2.25. The monoisotopic (exact) mass is 295 g/mol. The summed E-state index contributed by atoms with van der Waals surface area (Å²) in [7, 11) is 3.73. The van der Waals surface area contributed by atoms with Crippen molar-refractivity contribution in [2.45, 2.75) is 64.1 Å². The van der Waals surface area contributed by atoms with Crippen LogP contribution in [0.25, 0.3) is 0 Å². The van der Waals surface area contributed by atoms with Crippen LogP contribution in [0.2, 0.25) is 0 Å². The summed E-state index contributed by atoms with van der Waals surface area (Å²) in [4.78, 5) is 0. The standard InChI is InChI=1S/C16H29N3O2/c1-4-10-19-16(15(20-3)12-18-19)14(17-2)9-8-13-7-5-6-11-21-13/h12-14,17H,4-11H2,1-3H3. The van der Waals surface area contributed by atoms with Crippen molar-refractivity contribution < 1.29 is 9.47 Å². The van der Waals surface area contributed by atoms with E-state index in [4.69, 9.17) is 9.47 Å². The molecule has 1 saturated heterocycles. The van der Waals surface area contributed by atoms with Crippen molar-refractivity contribution in [1.82, 2.24) is 15.1 Å². The number of aryl methyl sites for hydroxylation is 1. The molecule has 0 saturated carbocycles. The first-order valence-corrected chi connectivity index (χ1v) is 8.18. The van der Waals surface area contributed by atoms with Gasteiger partial charge in [-0.25, -0.2) is 0 Å². The molecule has 1 fully saturated rings. The highest BCUT2D eigenvalue weighted by atomic mass is 16.5. The summed E-state index contributed by atoms with van der Waals surface area (Å²) in [6.07, 6.45) is 9.16. The number of hydrogen-bond acceptors (Lipinski definition) is 4. The highest BCUT2D eigenvalue weighted by molar-refractivity contribution is 5.28. The average molecular weight is 295 g/mol. The summed E-state index contributed by atoms with van der Waals surface area (Å²) >= 11 is 0. The molecule has 2 unspecified atom stereocenters. The second kappa shape index (κ2) is 8.39. The van der Waals surface area contributed by atoms with Gasteiger partial charge in [0.15, 0.2) is 5.75 Å². The molecular weight excluding hydrogens is 266 g/mol. The SMILES string of the molecule is CCCn1ncc(OC)c1C(CCC1CCCCO1)NC. The maximum atomic E-state index is 5.84. The molecule has 5 nitrogen and oxygen atoms in total. The molecule has 0 radical (unpaired) electrons. The smallest absolute Gasteiger partial charge is 0.161 e. The highest BCUT2D eigenvalue weighted by Crippen LogP contribution is 2.30. The van der Waals surface area contributed by atoms with Crippen molar-refractivity contribution in [3.8, 4) is 5.75 Å². The van der Waals surface area contributed by atoms with Crippen molar-refractivity contribution in [1.29, 1.82) is 0 Å². The highest BCUT2D eigenvalue weighted by Gasteiger charge is 2.22. The molecule has 0 amide bonds. The fraction of sp³-hybridized carbons (Fsp3) is 0.812. The van der Waals surface area contributed by atoms with E-state index in [-0.39, 0.29) is 6.04 Å². The summed E-state index contributed by atoms with van der Waals surface area (Å²) in [5.41, 5.74) is 1.16. The van der Waals surface area contributed by atoms with Crippen molar-refractivity contribution in [2.75, 3.05) is 20.8 Å². The van der Waals surface area contributed by atoms with Crippen LogP contribution in [0.15, 0.2) is 6.20 Å². The first-order valence-electron chi connectivity index (χ1n) is 8.18. The van der Waals surface area contributed by atoms with Gasteiger partial charge in [-0.15, -0.1) is 0 Å². The Balaban J connectivity index is 2.03. The molecule has 120 valence electrons. The Hall–Kier alpha value is -1.07. The number of hydrogen-bond donors (Lipinski definition) is 1. The van der Waals surface area contributed by atoms with Crippen LogP contribution in [0.5, 0.6) is 5.75 Å². The van der Waals surface area contributed by atoms with E-state index in [0.29, 0.717) is 6.10 Å². The van der Waals surface area contributed by atoms with Crippen LogP contribution in [-0.4, -0.2) is 36.6 Å². The van der Waals surface area contributed by atoms with E-state index in [9.17, 15) is 0 Å². The van der Waals surface area contributed by atoms with Gasteiger partial charge in [-0.2, -0.15) is 5.10 Å². The van der Waals surface area contributed by atoms with Crippen LogP contribution in [0.1, 0.15) is 57.2 Å². The van der Waals surface area contributed by atoms with E-state index in [1.807, 2.05) is 13.2 Å². The lowest BCUT2D eigenvalue weighted by atomic mass is 10.00. The minimum absolute atomic E-state index is 0.263. The van der Waals surface area contributed by atoms with Gasteiger partial charge in [0.05, 0.1) is 31.1 Å². The normalized spacial score (nSPS) is 20.4. The molecule has 1 aromatic heterocycles. The Kier molecular flexibility index (Phi) is 6.51. The van der Waals surface area contributed by atoms with Gasteiger partial charge in [0.2, 0.25) is 0 Å². The Labute approximate surface area is 128 Å². The molecular formula is C16H29N3O2. The molecule has 1 aliphatic heterocycles. The van der Waals surface area contributed by atoms with E-state index in [1.54, 1.807) is 7.11 Å². The zero-order valence-corrected chi connectivity index (χ0v) is 13.6. The van der Waals surface area contributed by atoms with Gasteiger partial charge in [0.25, 0.3) is 0 Å². The molecule has 21 heavy (non-hydrogen) atoms. The quantitative estimate of drug-likeness (QED) is 0.801. The van der Waals surface area contributed by atoms with E-state index in [0.717, 1.165) is 43.9 Å². The average Bonchev–Trinajstić information content (AvgIpc) is 2.92. The largest absolute Gasteiger partial charge is 0.493 e. The van der Waals surface area contributed by atoms with Gasteiger partial charge >= 0.3 is 0 Å². The van der Waals surface area contributed by atoms with Gasteiger partial charge in [0.1, 0.15) is 0 Å². The Morgan fingerprint density at radius 1 is 1.52 bits per heavy atom. The van der Waals surface area contributed by atoms with Gasteiger partial charge in [-0.05, 0) is 45.6 Å².